The van der Waals surface area contributed by atoms with Gasteiger partial charge in [0.1, 0.15) is 5.58 Å². The number of rotatable bonds is 1. The lowest BCUT2D eigenvalue weighted by Gasteiger charge is -2.03. The van der Waals surface area contributed by atoms with Crippen LogP contribution in [-0.2, 0) is 0 Å². The van der Waals surface area contributed by atoms with Gasteiger partial charge < -0.3 is 4.42 Å². The third kappa shape index (κ3) is 2.06. The van der Waals surface area contributed by atoms with Crippen molar-refractivity contribution in [2.24, 2.45) is 0 Å². The summed E-state index contributed by atoms with van der Waals surface area (Å²) in [6.07, 6.45) is 0. The Morgan fingerprint density at radius 1 is 0.762 bits per heavy atom. The Hall–Kier alpha value is -1.77. The van der Waals surface area contributed by atoms with Crippen LogP contribution in [0.4, 0.5) is 0 Å². The van der Waals surface area contributed by atoms with Gasteiger partial charge in [0, 0.05) is 10.8 Å². The molecule has 0 unspecified atom stereocenters. The summed E-state index contributed by atoms with van der Waals surface area (Å²) in [7, 11) is 0. The molecule has 0 aliphatic heterocycles. The van der Waals surface area contributed by atoms with Crippen molar-refractivity contribution in [1.82, 2.24) is 0 Å². The summed E-state index contributed by atoms with van der Waals surface area (Å²) in [5, 5.41) is 2.74. The fraction of sp³-hybridized carbons (Fsp3) is 0. The Morgan fingerprint density at radius 2 is 1.57 bits per heavy atom. The van der Waals surface area contributed by atoms with E-state index in [-0.39, 0.29) is 0 Å². The number of fused-ring (bicyclic) bond motifs is 3. The molecule has 1 aromatic heterocycles. The zero-order valence-corrected chi connectivity index (χ0v) is 13.3. The molecular formula is C18H10BrClO. The summed E-state index contributed by atoms with van der Waals surface area (Å²) in [5.74, 6) is 0. The molecule has 0 amide bonds. The van der Waals surface area contributed by atoms with Crippen molar-refractivity contribution in [2.45, 2.75) is 0 Å². The zero-order valence-electron chi connectivity index (χ0n) is 10.9. The van der Waals surface area contributed by atoms with Gasteiger partial charge in [-0.05, 0) is 45.3 Å². The van der Waals surface area contributed by atoms with Gasteiger partial charge in [0.05, 0.1) is 9.50 Å². The van der Waals surface area contributed by atoms with Crippen LogP contribution in [0.25, 0.3) is 33.1 Å². The summed E-state index contributed by atoms with van der Waals surface area (Å²) < 4.78 is 6.86. The van der Waals surface area contributed by atoms with E-state index >= 15 is 0 Å². The molecule has 102 valence electrons. The fourth-order valence-electron chi connectivity index (χ4n) is 2.62. The van der Waals surface area contributed by atoms with Crippen LogP contribution in [-0.4, -0.2) is 0 Å². The molecule has 0 saturated heterocycles. The average Bonchev–Trinajstić information content (AvgIpc) is 2.89. The van der Waals surface area contributed by atoms with E-state index in [0.717, 1.165) is 37.5 Å². The van der Waals surface area contributed by atoms with Crippen LogP contribution in [0, 0.1) is 0 Å². The first-order valence-corrected chi connectivity index (χ1v) is 7.77. The number of hydrogen-bond acceptors (Lipinski definition) is 1. The van der Waals surface area contributed by atoms with Crippen LogP contribution in [0.15, 0.2) is 69.6 Å². The maximum atomic E-state index is 6.43. The Balaban J connectivity index is 2.09. The van der Waals surface area contributed by atoms with Crippen LogP contribution >= 0.6 is 27.5 Å². The maximum Gasteiger partial charge on any atom is 0.154 e. The SMILES string of the molecule is Clc1cc(-c2ccccc2)cc2c1oc1c(Br)cccc12. The van der Waals surface area contributed by atoms with Crippen molar-refractivity contribution in [1.29, 1.82) is 0 Å². The average molecular weight is 358 g/mol. The standard InChI is InChI=1S/C18H10BrClO/c19-15-8-4-7-13-14-9-12(11-5-2-1-3-6-11)10-16(20)18(14)21-17(13)15/h1-10H. The molecule has 3 heteroatoms. The summed E-state index contributed by atoms with van der Waals surface area (Å²) in [5.41, 5.74) is 3.80. The van der Waals surface area contributed by atoms with Gasteiger partial charge >= 0.3 is 0 Å². The van der Waals surface area contributed by atoms with E-state index in [1.165, 1.54) is 0 Å². The van der Waals surface area contributed by atoms with Gasteiger partial charge in [-0.25, -0.2) is 0 Å². The molecule has 0 bridgehead atoms. The lowest BCUT2D eigenvalue weighted by Crippen LogP contribution is -1.78. The Kier molecular flexibility index (Phi) is 3.02. The van der Waals surface area contributed by atoms with E-state index in [1.807, 2.05) is 36.4 Å². The molecule has 3 aromatic carbocycles. The quantitative estimate of drug-likeness (QED) is 0.371. The Morgan fingerprint density at radius 3 is 2.38 bits per heavy atom. The number of benzene rings is 3. The lowest BCUT2D eigenvalue weighted by molar-refractivity contribution is 0.667. The van der Waals surface area contributed by atoms with E-state index in [2.05, 4.69) is 40.2 Å². The highest BCUT2D eigenvalue weighted by Crippen LogP contribution is 2.39. The highest BCUT2D eigenvalue weighted by atomic mass is 79.9. The second-order valence-corrected chi connectivity index (χ2v) is 6.18. The molecule has 0 aliphatic carbocycles. The summed E-state index contributed by atoms with van der Waals surface area (Å²) in [6.45, 7) is 0. The second-order valence-electron chi connectivity index (χ2n) is 4.92. The largest absolute Gasteiger partial charge is 0.453 e. The van der Waals surface area contributed by atoms with Crippen molar-refractivity contribution < 1.29 is 4.42 Å². The topological polar surface area (TPSA) is 13.1 Å². The van der Waals surface area contributed by atoms with E-state index in [4.69, 9.17) is 16.0 Å². The molecule has 0 atom stereocenters. The minimum Gasteiger partial charge on any atom is -0.453 e. The smallest absolute Gasteiger partial charge is 0.154 e. The second kappa shape index (κ2) is 4.90. The zero-order chi connectivity index (χ0) is 14.4. The van der Waals surface area contributed by atoms with Gasteiger partial charge in [0.15, 0.2) is 5.58 Å². The third-order valence-corrected chi connectivity index (χ3v) is 4.52. The molecule has 0 N–H and O–H groups in total. The number of furan rings is 1. The van der Waals surface area contributed by atoms with Crippen LogP contribution in [0.3, 0.4) is 0 Å². The molecule has 0 fully saturated rings. The molecule has 1 nitrogen and oxygen atoms in total. The van der Waals surface area contributed by atoms with Crippen LogP contribution in [0.2, 0.25) is 5.02 Å². The van der Waals surface area contributed by atoms with Gasteiger partial charge in [-0.15, -0.1) is 0 Å². The first-order valence-electron chi connectivity index (χ1n) is 6.60. The van der Waals surface area contributed by atoms with Gasteiger partial charge in [-0.1, -0.05) is 54.1 Å². The molecule has 4 aromatic rings. The van der Waals surface area contributed by atoms with Crippen molar-refractivity contribution in [3.05, 3.63) is 70.2 Å². The molecule has 0 saturated carbocycles. The molecular weight excluding hydrogens is 348 g/mol. The van der Waals surface area contributed by atoms with Gasteiger partial charge in [0.25, 0.3) is 0 Å². The number of para-hydroxylation sites is 1. The molecule has 0 aliphatic rings. The van der Waals surface area contributed by atoms with Crippen LogP contribution in [0.5, 0.6) is 0 Å². The predicted molar refractivity (Wildman–Crippen MR) is 91.9 cm³/mol. The van der Waals surface area contributed by atoms with Gasteiger partial charge in [-0.3, -0.25) is 0 Å². The van der Waals surface area contributed by atoms with Crippen LogP contribution in [0.1, 0.15) is 0 Å². The summed E-state index contributed by atoms with van der Waals surface area (Å²) in [6, 6.07) is 20.3. The molecule has 21 heavy (non-hydrogen) atoms. The van der Waals surface area contributed by atoms with E-state index in [9.17, 15) is 0 Å². The highest BCUT2D eigenvalue weighted by molar-refractivity contribution is 9.10. The monoisotopic (exact) mass is 356 g/mol. The van der Waals surface area contributed by atoms with E-state index in [1.54, 1.807) is 0 Å². The lowest BCUT2D eigenvalue weighted by atomic mass is 10.0. The van der Waals surface area contributed by atoms with Crippen molar-refractivity contribution >= 4 is 49.5 Å². The van der Waals surface area contributed by atoms with Crippen LogP contribution < -0.4 is 0 Å². The van der Waals surface area contributed by atoms with Crippen molar-refractivity contribution in [2.75, 3.05) is 0 Å². The summed E-state index contributed by atoms with van der Waals surface area (Å²) >= 11 is 9.95. The first kappa shape index (κ1) is 12.9. The van der Waals surface area contributed by atoms with Gasteiger partial charge in [-0.2, -0.15) is 0 Å². The number of hydrogen-bond donors (Lipinski definition) is 0. The highest BCUT2D eigenvalue weighted by Gasteiger charge is 2.13. The maximum absolute atomic E-state index is 6.43. The van der Waals surface area contributed by atoms with Crippen molar-refractivity contribution in [3.8, 4) is 11.1 Å². The number of halogens is 2. The Bertz CT molecular complexity index is 957. The van der Waals surface area contributed by atoms with Gasteiger partial charge in [0.2, 0.25) is 0 Å². The minimum absolute atomic E-state index is 0.634. The van der Waals surface area contributed by atoms with Crippen molar-refractivity contribution in [3.63, 3.8) is 0 Å². The predicted octanol–water partition coefficient (Wildman–Crippen LogP) is 6.67. The molecule has 4 rings (SSSR count). The minimum atomic E-state index is 0.634. The normalized spacial score (nSPS) is 11.3. The van der Waals surface area contributed by atoms with E-state index < -0.39 is 0 Å². The summed E-state index contributed by atoms with van der Waals surface area (Å²) in [4.78, 5) is 0. The molecule has 0 radical (unpaired) electrons. The first-order chi connectivity index (χ1) is 10.2. The fourth-order valence-corrected chi connectivity index (χ4v) is 3.33. The molecule has 1 heterocycles. The molecule has 0 spiro atoms. The Labute approximate surface area is 135 Å². The third-order valence-electron chi connectivity index (χ3n) is 3.61. The van der Waals surface area contributed by atoms with E-state index in [0.29, 0.717) is 5.02 Å².